The Morgan fingerprint density at radius 1 is 1.35 bits per heavy atom. The Morgan fingerprint density at radius 2 is 2.12 bits per heavy atom. The number of aryl methyl sites for hydroxylation is 1. The second-order valence-electron chi connectivity index (χ2n) is 3.97. The van der Waals surface area contributed by atoms with Gasteiger partial charge in [0, 0.05) is 31.2 Å². The van der Waals surface area contributed by atoms with E-state index in [1.54, 1.807) is 0 Å². The SMILES string of the molecule is Cc1csc(Oc2cc(N(C)C)ccc2N)n1. The van der Waals surface area contributed by atoms with Crippen LogP contribution in [0.1, 0.15) is 5.69 Å². The van der Waals surface area contributed by atoms with Crippen LogP contribution in [0.25, 0.3) is 0 Å². The molecule has 0 atom stereocenters. The van der Waals surface area contributed by atoms with Gasteiger partial charge in [-0.25, -0.2) is 4.98 Å². The van der Waals surface area contributed by atoms with Crippen molar-refractivity contribution in [3.63, 3.8) is 0 Å². The molecule has 2 N–H and O–H groups in total. The lowest BCUT2D eigenvalue weighted by Gasteiger charge is -2.14. The first kappa shape index (κ1) is 11.7. The molecule has 0 saturated heterocycles. The van der Waals surface area contributed by atoms with E-state index < -0.39 is 0 Å². The lowest BCUT2D eigenvalue weighted by molar-refractivity contribution is 0.480. The van der Waals surface area contributed by atoms with Gasteiger partial charge in [0.15, 0.2) is 5.75 Å². The highest BCUT2D eigenvalue weighted by atomic mass is 32.1. The molecule has 1 heterocycles. The summed E-state index contributed by atoms with van der Waals surface area (Å²) in [6.07, 6.45) is 0. The summed E-state index contributed by atoms with van der Waals surface area (Å²) in [4.78, 5) is 6.25. The first-order chi connectivity index (χ1) is 8.06. The van der Waals surface area contributed by atoms with E-state index in [0.717, 1.165) is 11.4 Å². The highest BCUT2D eigenvalue weighted by Gasteiger charge is 2.07. The smallest absolute Gasteiger partial charge is 0.278 e. The maximum Gasteiger partial charge on any atom is 0.278 e. The second-order valence-corrected chi connectivity index (χ2v) is 4.79. The Labute approximate surface area is 105 Å². The fourth-order valence-corrected chi connectivity index (χ4v) is 2.02. The molecule has 2 rings (SSSR count). The number of hydrogen-bond donors (Lipinski definition) is 1. The molecular formula is C12H15N3OS. The van der Waals surface area contributed by atoms with E-state index in [0.29, 0.717) is 16.6 Å². The van der Waals surface area contributed by atoms with Crippen molar-refractivity contribution in [2.24, 2.45) is 0 Å². The number of thiazole rings is 1. The quantitative estimate of drug-likeness (QED) is 0.850. The molecule has 5 heteroatoms. The molecule has 0 aliphatic rings. The molecular weight excluding hydrogens is 234 g/mol. The molecule has 0 radical (unpaired) electrons. The number of anilines is 2. The summed E-state index contributed by atoms with van der Waals surface area (Å²) in [5.74, 6) is 0.644. The van der Waals surface area contributed by atoms with Crippen molar-refractivity contribution in [1.82, 2.24) is 4.98 Å². The van der Waals surface area contributed by atoms with Gasteiger partial charge in [0.05, 0.1) is 11.4 Å². The van der Waals surface area contributed by atoms with Crippen LogP contribution in [0.15, 0.2) is 23.6 Å². The maximum atomic E-state index is 5.88. The summed E-state index contributed by atoms with van der Waals surface area (Å²) in [6, 6.07) is 5.70. The van der Waals surface area contributed by atoms with Crippen LogP contribution in [0.4, 0.5) is 11.4 Å². The summed E-state index contributed by atoms with van der Waals surface area (Å²) in [7, 11) is 3.95. The highest BCUT2D eigenvalue weighted by molar-refractivity contribution is 7.11. The first-order valence-electron chi connectivity index (χ1n) is 5.23. The number of aromatic nitrogens is 1. The van der Waals surface area contributed by atoms with Crippen LogP contribution in [0.2, 0.25) is 0 Å². The fourth-order valence-electron chi connectivity index (χ4n) is 1.36. The van der Waals surface area contributed by atoms with Crippen molar-refractivity contribution < 1.29 is 4.74 Å². The van der Waals surface area contributed by atoms with Crippen LogP contribution in [0, 0.1) is 6.92 Å². The second kappa shape index (κ2) is 4.63. The van der Waals surface area contributed by atoms with Gasteiger partial charge in [-0.05, 0) is 19.1 Å². The Morgan fingerprint density at radius 3 is 2.71 bits per heavy atom. The third-order valence-corrected chi connectivity index (χ3v) is 3.14. The zero-order valence-electron chi connectivity index (χ0n) is 10.1. The Balaban J connectivity index is 2.28. The van der Waals surface area contributed by atoms with Gasteiger partial charge in [0.25, 0.3) is 5.19 Å². The highest BCUT2D eigenvalue weighted by Crippen LogP contribution is 2.32. The molecule has 1 aromatic carbocycles. The fraction of sp³-hybridized carbons (Fsp3) is 0.250. The standard InChI is InChI=1S/C12H15N3OS/c1-8-7-17-12(14-8)16-11-6-9(15(2)3)4-5-10(11)13/h4-7H,13H2,1-3H3. The molecule has 0 bridgehead atoms. The molecule has 0 amide bonds. The molecule has 0 spiro atoms. The van der Waals surface area contributed by atoms with Crippen LogP contribution < -0.4 is 15.4 Å². The van der Waals surface area contributed by atoms with Crippen molar-refractivity contribution >= 4 is 22.7 Å². The number of nitrogen functional groups attached to an aromatic ring is 1. The van der Waals surface area contributed by atoms with Crippen molar-refractivity contribution in [3.8, 4) is 10.9 Å². The molecule has 90 valence electrons. The molecule has 0 aliphatic carbocycles. The molecule has 4 nitrogen and oxygen atoms in total. The Kier molecular flexibility index (Phi) is 3.19. The van der Waals surface area contributed by atoms with Crippen LogP contribution in [-0.2, 0) is 0 Å². The lowest BCUT2D eigenvalue weighted by atomic mass is 10.2. The van der Waals surface area contributed by atoms with E-state index in [2.05, 4.69) is 4.98 Å². The minimum Gasteiger partial charge on any atom is -0.429 e. The molecule has 1 aromatic heterocycles. The Bertz CT molecular complexity index is 522. The molecule has 0 unspecified atom stereocenters. The van der Waals surface area contributed by atoms with Crippen molar-refractivity contribution in [1.29, 1.82) is 0 Å². The molecule has 0 fully saturated rings. The zero-order valence-corrected chi connectivity index (χ0v) is 10.9. The number of rotatable bonds is 3. The van der Waals surface area contributed by atoms with E-state index in [1.165, 1.54) is 11.3 Å². The van der Waals surface area contributed by atoms with E-state index >= 15 is 0 Å². The van der Waals surface area contributed by atoms with Crippen molar-refractivity contribution in [2.45, 2.75) is 6.92 Å². The Hall–Kier alpha value is -1.75. The average Bonchev–Trinajstić information content (AvgIpc) is 2.67. The van der Waals surface area contributed by atoms with Gasteiger partial charge in [0.1, 0.15) is 0 Å². The van der Waals surface area contributed by atoms with Gasteiger partial charge in [0.2, 0.25) is 0 Å². The molecule has 17 heavy (non-hydrogen) atoms. The minimum atomic E-state index is 0.614. The molecule has 0 aliphatic heterocycles. The van der Waals surface area contributed by atoms with E-state index in [-0.39, 0.29) is 0 Å². The van der Waals surface area contributed by atoms with Crippen molar-refractivity contribution in [3.05, 3.63) is 29.3 Å². The number of hydrogen-bond acceptors (Lipinski definition) is 5. The zero-order chi connectivity index (χ0) is 12.4. The summed E-state index contributed by atoms with van der Waals surface area (Å²) >= 11 is 1.46. The van der Waals surface area contributed by atoms with Gasteiger partial charge in [-0.3, -0.25) is 0 Å². The van der Waals surface area contributed by atoms with E-state index in [1.807, 2.05) is 49.5 Å². The third kappa shape index (κ3) is 2.68. The monoisotopic (exact) mass is 249 g/mol. The topological polar surface area (TPSA) is 51.4 Å². The molecule has 2 aromatic rings. The number of benzene rings is 1. The van der Waals surface area contributed by atoms with Gasteiger partial charge in [-0.1, -0.05) is 11.3 Å². The number of nitrogens with zero attached hydrogens (tertiary/aromatic N) is 2. The first-order valence-corrected chi connectivity index (χ1v) is 6.11. The van der Waals surface area contributed by atoms with E-state index in [9.17, 15) is 0 Å². The summed E-state index contributed by atoms with van der Waals surface area (Å²) < 4.78 is 5.68. The predicted molar refractivity (Wildman–Crippen MR) is 72.1 cm³/mol. The summed E-state index contributed by atoms with van der Waals surface area (Å²) in [5.41, 5.74) is 8.49. The third-order valence-electron chi connectivity index (χ3n) is 2.31. The van der Waals surface area contributed by atoms with Gasteiger partial charge >= 0.3 is 0 Å². The number of ether oxygens (including phenoxy) is 1. The number of nitrogens with two attached hydrogens (primary N) is 1. The molecule has 0 saturated carbocycles. The summed E-state index contributed by atoms with van der Waals surface area (Å²) in [6.45, 7) is 1.93. The van der Waals surface area contributed by atoms with Gasteiger partial charge in [-0.15, -0.1) is 0 Å². The predicted octanol–water partition coefficient (Wildman–Crippen LogP) is 2.89. The summed E-state index contributed by atoms with van der Waals surface area (Å²) in [5, 5.41) is 2.56. The van der Waals surface area contributed by atoms with Crippen LogP contribution in [-0.4, -0.2) is 19.1 Å². The maximum absolute atomic E-state index is 5.88. The van der Waals surface area contributed by atoms with Crippen molar-refractivity contribution in [2.75, 3.05) is 24.7 Å². The van der Waals surface area contributed by atoms with E-state index in [4.69, 9.17) is 10.5 Å². The normalized spacial score (nSPS) is 10.3. The average molecular weight is 249 g/mol. The minimum absolute atomic E-state index is 0.614. The largest absolute Gasteiger partial charge is 0.429 e. The van der Waals surface area contributed by atoms with Gasteiger partial charge < -0.3 is 15.4 Å². The lowest BCUT2D eigenvalue weighted by Crippen LogP contribution is -2.08. The van der Waals surface area contributed by atoms with Crippen LogP contribution >= 0.6 is 11.3 Å². The van der Waals surface area contributed by atoms with Crippen LogP contribution in [0.5, 0.6) is 10.9 Å². The van der Waals surface area contributed by atoms with Gasteiger partial charge in [-0.2, -0.15) is 0 Å². The van der Waals surface area contributed by atoms with Crippen LogP contribution in [0.3, 0.4) is 0 Å².